The van der Waals surface area contributed by atoms with Crippen LogP contribution in [-0.2, 0) is 14.3 Å². The first-order valence-corrected chi connectivity index (χ1v) is 8.07. The average molecular weight is 371 g/mol. The fourth-order valence-electron chi connectivity index (χ4n) is 2.34. The summed E-state index contributed by atoms with van der Waals surface area (Å²) in [6, 6.07) is 11.3. The monoisotopic (exact) mass is 371 g/mol. The maximum absolute atomic E-state index is 12.2. The molecule has 0 unspecified atom stereocenters. The Morgan fingerprint density at radius 1 is 1.07 bits per heavy atom. The van der Waals surface area contributed by atoms with Crippen molar-refractivity contribution in [2.45, 2.75) is 0 Å². The molecule has 0 bridgehead atoms. The quantitative estimate of drug-likeness (QED) is 0.585. The van der Waals surface area contributed by atoms with Crippen LogP contribution in [0.25, 0.3) is 0 Å². The Morgan fingerprint density at radius 3 is 2.56 bits per heavy atom. The van der Waals surface area contributed by atoms with Crippen LogP contribution in [0.15, 0.2) is 42.5 Å². The molecule has 0 aliphatic carbocycles. The van der Waals surface area contributed by atoms with Crippen LogP contribution >= 0.6 is 0 Å². The molecule has 0 radical (unpaired) electrons. The number of esters is 1. The van der Waals surface area contributed by atoms with E-state index < -0.39 is 18.4 Å². The minimum absolute atomic E-state index is 0.0634. The number of amides is 1. The molecule has 140 valence electrons. The van der Waals surface area contributed by atoms with Crippen molar-refractivity contribution in [1.82, 2.24) is 0 Å². The van der Waals surface area contributed by atoms with Gasteiger partial charge in [0.15, 0.2) is 25.6 Å². The molecular formula is C19H17NO7. The predicted molar refractivity (Wildman–Crippen MR) is 94.3 cm³/mol. The third-order valence-corrected chi connectivity index (χ3v) is 3.71. The fraction of sp³-hybridized carbons (Fsp3) is 0.211. The molecule has 2 aromatic carbocycles. The molecule has 2 aromatic rings. The molecule has 8 heteroatoms. The molecule has 0 fully saturated rings. The minimum Gasteiger partial charge on any atom is -0.497 e. The Hall–Kier alpha value is -3.55. The lowest BCUT2D eigenvalue weighted by Gasteiger charge is -2.18. The number of benzene rings is 2. The van der Waals surface area contributed by atoms with Gasteiger partial charge in [0.1, 0.15) is 17.2 Å². The van der Waals surface area contributed by atoms with Crippen molar-refractivity contribution in [3.05, 3.63) is 48.0 Å². The molecule has 1 heterocycles. The topological polar surface area (TPSA) is 100 Å². The zero-order chi connectivity index (χ0) is 19.2. The van der Waals surface area contributed by atoms with E-state index in [1.54, 1.807) is 43.5 Å². The lowest BCUT2D eigenvalue weighted by atomic mass is 10.1. The molecule has 0 saturated heterocycles. The number of rotatable bonds is 7. The molecule has 0 atom stereocenters. The Labute approximate surface area is 155 Å². The number of methoxy groups -OCH3 is 1. The van der Waals surface area contributed by atoms with Gasteiger partial charge in [-0.1, -0.05) is 0 Å². The van der Waals surface area contributed by atoms with Gasteiger partial charge in [-0.15, -0.1) is 0 Å². The largest absolute Gasteiger partial charge is 0.497 e. The minimum atomic E-state index is -0.672. The highest BCUT2D eigenvalue weighted by molar-refractivity contribution is 6.01. The van der Waals surface area contributed by atoms with Gasteiger partial charge in [-0.2, -0.15) is 0 Å². The molecule has 27 heavy (non-hydrogen) atoms. The Bertz CT molecular complexity index is 861. The van der Waals surface area contributed by atoms with E-state index in [9.17, 15) is 14.4 Å². The van der Waals surface area contributed by atoms with Crippen LogP contribution in [0.2, 0.25) is 0 Å². The molecule has 0 spiro atoms. The van der Waals surface area contributed by atoms with E-state index in [2.05, 4.69) is 5.32 Å². The lowest BCUT2D eigenvalue weighted by Crippen LogP contribution is -2.25. The Morgan fingerprint density at radius 2 is 1.81 bits per heavy atom. The smallest absolute Gasteiger partial charge is 0.344 e. The summed E-state index contributed by atoms with van der Waals surface area (Å²) in [5.41, 5.74) is 0.703. The number of nitrogens with one attached hydrogen (secondary N) is 1. The number of Topliss-reactive ketones (excluding diaryl/α,β-unsaturated/α-hetero) is 1. The second-order valence-electron chi connectivity index (χ2n) is 5.60. The van der Waals surface area contributed by atoms with Gasteiger partial charge in [0.2, 0.25) is 0 Å². The van der Waals surface area contributed by atoms with E-state index in [1.807, 2.05) is 0 Å². The van der Waals surface area contributed by atoms with Gasteiger partial charge in [0, 0.05) is 5.56 Å². The van der Waals surface area contributed by atoms with Crippen molar-refractivity contribution in [2.24, 2.45) is 0 Å². The number of carbonyl (C=O) groups excluding carboxylic acids is 3. The second kappa shape index (κ2) is 8.22. The summed E-state index contributed by atoms with van der Waals surface area (Å²) < 4.78 is 20.5. The van der Waals surface area contributed by atoms with E-state index in [4.69, 9.17) is 18.9 Å². The van der Waals surface area contributed by atoms with Crippen LogP contribution in [0, 0.1) is 0 Å². The van der Waals surface area contributed by atoms with Gasteiger partial charge in [0.25, 0.3) is 5.91 Å². The molecular weight excluding hydrogens is 354 g/mol. The molecule has 1 aliphatic rings. The summed E-state index contributed by atoms with van der Waals surface area (Å²) in [5.74, 6) is 0.251. The van der Waals surface area contributed by atoms with Crippen LogP contribution in [-0.4, -0.2) is 44.6 Å². The normalized spacial score (nSPS) is 12.3. The highest BCUT2D eigenvalue weighted by Gasteiger charge is 2.18. The summed E-state index contributed by atoms with van der Waals surface area (Å²) in [5, 5.41) is 2.61. The van der Waals surface area contributed by atoms with E-state index in [-0.39, 0.29) is 19.1 Å². The molecule has 0 aromatic heterocycles. The Kier molecular flexibility index (Phi) is 5.55. The van der Waals surface area contributed by atoms with Crippen LogP contribution < -0.4 is 19.5 Å². The molecule has 1 aliphatic heterocycles. The number of carbonyl (C=O) groups is 3. The van der Waals surface area contributed by atoms with Crippen molar-refractivity contribution in [2.75, 3.05) is 32.2 Å². The first-order valence-electron chi connectivity index (χ1n) is 8.07. The number of anilines is 1. The maximum Gasteiger partial charge on any atom is 0.344 e. The molecule has 1 N–H and O–H groups in total. The van der Waals surface area contributed by atoms with Crippen LogP contribution in [0.5, 0.6) is 17.2 Å². The highest BCUT2D eigenvalue weighted by atomic mass is 16.6. The van der Waals surface area contributed by atoms with E-state index in [0.717, 1.165) is 0 Å². The fourth-order valence-corrected chi connectivity index (χ4v) is 2.34. The molecule has 0 saturated carbocycles. The molecule has 8 nitrogen and oxygen atoms in total. The van der Waals surface area contributed by atoms with Gasteiger partial charge in [0.05, 0.1) is 12.8 Å². The molecule has 3 rings (SSSR count). The number of fused-ring (bicyclic) bond motifs is 1. The molecule has 1 amide bonds. The average Bonchev–Trinajstić information content (AvgIpc) is 2.70. The standard InChI is InChI=1S/C19H17NO7/c1-24-13-3-5-14(6-4-13)25-11-19(23)27-9-16(21)12-2-7-17-15(8-12)20-18(22)10-26-17/h2-8H,9-11H2,1H3,(H,20,22). The van der Waals surface area contributed by atoms with Gasteiger partial charge in [-0.25, -0.2) is 4.79 Å². The first kappa shape index (κ1) is 18.2. The van der Waals surface area contributed by atoms with E-state index in [0.29, 0.717) is 28.5 Å². The van der Waals surface area contributed by atoms with E-state index in [1.165, 1.54) is 6.07 Å². The van der Waals surface area contributed by atoms with Crippen LogP contribution in [0.4, 0.5) is 5.69 Å². The number of ether oxygens (including phenoxy) is 4. The van der Waals surface area contributed by atoms with Crippen molar-refractivity contribution in [1.29, 1.82) is 0 Å². The van der Waals surface area contributed by atoms with Crippen LogP contribution in [0.3, 0.4) is 0 Å². The summed E-state index contributed by atoms with van der Waals surface area (Å²) in [6.45, 7) is -0.821. The summed E-state index contributed by atoms with van der Waals surface area (Å²) in [6.07, 6.45) is 0. The third kappa shape index (κ3) is 4.75. The summed E-state index contributed by atoms with van der Waals surface area (Å²) >= 11 is 0. The zero-order valence-electron chi connectivity index (χ0n) is 14.5. The maximum atomic E-state index is 12.2. The van der Waals surface area contributed by atoms with Gasteiger partial charge in [-0.3, -0.25) is 9.59 Å². The number of ketones is 1. The van der Waals surface area contributed by atoms with Gasteiger partial charge < -0.3 is 24.3 Å². The summed E-state index contributed by atoms with van der Waals surface area (Å²) in [4.78, 5) is 35.3. The SMILES string of the molecule is COc1ccc(OCC(=O)OCC(=O)c2ccc3c(c2)NC(=O)CO3)cc1. The second-order valence-corrected chi connectivity index (χ2v) is 5.60. The highest BCUT2D eigenvalue weighted by Crippen LogP contribution is 2.28. The van der Waals surface area contributed by atoms with Crippen molar-refractivity contribution < 1.29 is 33.3 Å². The van der Waals surface area contributed by atoms with Crippen LogP contribution in [0.1, 0.15) is 10.4 Å². The van der Waals surface area contributed by atoms with Gasteiger partial charge in [-0.05, 0) is 42.5 Å². The first-order chi connectivity index (χ1) is 13.0. The van der Waals surface area contributed by atoms with Gasteiger partial charge >= 0.3 is 5.97 Å². The third-order valence-electron chi connectivity index (χ3n) is 3.71. The van der Waals surface area contributed by atoms with Crippen molar-refractivity contribution in [3.63, 3.8) is 0 Å². The Balaban J connectivity index is 1.49. The van der Waals surface area contributed by atoms with Crippen molar-refractivity contribution in [3.8, 4) is 17.2 Å². The summed E-state index contributed by atoms with van der Waals surface area (Å²) in [7, 11) is 1.55. The zero-order valence-corrected chi connectivity index (χ0v) is 14.5. The predicted octanol–water partition coefficient (Wildman–Crippen LogP) is 1.83. The van der Waals surface area contributed by atoms with Crippen molar-refractivity contribution >= 4 is 23.3 Å². The number of hydrogen-bond acceptors (Lipinski definition) is 7. The number of hydrogen-bond donors (Lipinski definition) is 1. The lowest BCUT2D eigenvalue weighted by molar-refractivity contribution is -0.144. The van der Waals surface area contributed by atoms with E-state index >= 15 is 0 Å².